The van der Waals surface area contributed by atoms with E-state index in [-0.39, 0.29) is 17.9 Å². The smallest absolute Gasteiger partial charge is 0.410 e. The van der Waals surface area contributed by atoms with E-state index in [2.05, 4.69) is 15.9 Å². The van der Waals surface area contributed by atoms with Crippen LogP contribution in [0.1, 0.15) is 49.7 Å². The molecule has 1 atom stereocenters. The number of hydrogen-bond acceptors (Lipinski definition) is 4. The molecule has 116 valence electrons. The third-order valence-corrected chi connectivity index (χ3v) is 4.94. The van der Waals surface area contributed by atoms with Crippen molar-refractivity contribution in [3.05, 3.63) is 20.8 Å². The first-order valence-electron chi connectivity index (χ1n) is 7.04. The molecule has 0 spiro atoms. The molecule has 2 rings (SSSR count). The zero-order valence-corrected chi connectivity index (χ0v) is 14.9. The lowest BCUT2D eigenvalue weighted by atomic mass is 10.1. The topological polar surface area (TPSA) is 46.6 Å². The van der Waals surface area contributed by atoms with E-state index < -0.39 is 5.60 Å². The van der Waals surface area contributed by atoms with Gasteiger partial charge in [-0.05, 0) is 61.7 Å². The summed E-state index contributed by atoms with van der Waals surface area (Å²) in [5.41, 5.74) is -0.507. The Hall–Kier alpha value is -0.880. The van der Waals surface area contributed by atoms with Crippen LogP contribution in [0.2, 0.25) is 0 Å². The van der Waals surface area contributed by atoms with Crippen molar-refractivity contribution in [2.45, 2.75) is 51.7 Å². The molecular formula is C15H20BrNO3S. The number of nitrogens with zero attached hydrogens (tertiary/aromatic N) is 1. The van der Waals surface area contributed by atoms with E-state index in [1.54, 1.807) is 4.90 Å². The van der Waals surface area contributed by atoms with Crippen molar-refractivity contribution in [3.63, 3.8) is 0 Å². The van der Waals surface area contributed by atoms with Gasteiger partial charge in [-0.3, -0.25) is 4.79 Å². The maximum absolute atomic E-state index is 12.3. The van der Waals surface area contributed by atoms with Gasteiger partial charge in [-0.2, -0.15) is 0 Å². The van der Waals surface area contributed by atoms with Crippen molar-refractivity contribution in [2.24, 2.45) is 0 Å². The summed E-state index contributed by atoms with van der Waals surface area (Å²) < 4.78 is 6.36. The van der Waals surface area contributed by atoms with Gasteiger partial charge in [0.1, 0.15) is 5.60 Å². The molecule has 1 unspecified atom stereocenters. The van der Waals surface area contributed by atoms with Gasteiger partial charge < -0.3 is 9.64 Å². The number of carbonyl (C=O) groups is 2. The van der Waals surface area contributed by atoms with Crippen LogP contribution in [0.25, 0.3) is 0 Å². The van der Waals surface area contributed by atoms with Crippen LogP contribution >= 0.6 is 27.3 Å². The molecule has 1 aliphatic rings. The highest BCUT2D eigenvalue weighted by atomic mass is 79.9. The number of likely N-dealkylation sites (tertiary alicyclic amines) is 1. The Bertz CT molecular complexity index is 535. The number of ether oxygens (including phenoxy) is 1. The predicted octanol–water partition coefficient (Wildman–Crippen LogP) is 4.48. The Kier molecular flexibility index (Phi) is 5.09. The lowest BCUT2D eigenvalue weighted by molar-refractivity contribution is 0.0223. The van der Waals surface area contributed by atoms with E-state index in [9.17, 15) is 9.59 Å². The fourth-order valence-corrected chi connectivity index (χ4v) is 3.72. The van der Waals surface area contributed by atoms with Crippen molar-refractivity contribution < 1.29 is 14.3 Å². The first kappa shape index (κ1) is 16.5. The van der Waals surface area contributed by atoms with Crippen molar-refractivity contribution in [1.29, 1.82) is 0 Å². The molecule has 21 heavy (non-hydrogen) atoms. The van der Waals surface area contributed by atoms with Gasteiger partial charge in [0.2, 0.25) is 0 Å². The van der Waals surface area contributed by atoms with E-state index in [1.807, 2.05) is 32.9 Å². The molecule has 1 amide bonds. The van der Waals surface area contributed by atoms with Crippen LogP contribution in [0.15, 0.2) is 15.9 Å². The Morgan fingerprint density at radius 3 is 2.71 bits per heavy atom. The summed E-state index contributed by atoms with van der Waals surface area (Å²) in [6.45, 7) is 6.22. The molecule has 0 saturated carbocycles. The molecule has 1 fully saturated rings. The summed E-state index contributed by atoms with van der Waals surface area (Å²) in [5, 5.41) is 0. The summed E-state index contributed by atoms with van der Waals surface area (Å²) in [6.07, 6.45) is 1.83. The van der Waals surface area contributed by atoms with Gasteiger partial charge in [0, 0.05) is 19.0 Å². The molecule has 2 heterocycles. The zero-order chi connectivity index (χ0) is 15.6. The number of amides is 1. The molecule has 0 aromatic carbocycles. The Morgan fingerprint density at radius 1 is 1.43 bits per heavy atom. The molecule has 0 bridgehead atoms. The molecule has 0 radical (unpaired) electrons. The first-order valence-corrected chi connectivity index (χ1v) is 8.65. The molecule has 0 aliphatic carbocycles. The Labute approximate surface area is 137 Å². The van der Waals surface area contributed by atoms with Crippen LogP contribution in [0.5, 0.6) is 0 Å². The van der Waals surface area contributed by atoms with Crippen molar-refractivity contribution in [3.8, 4) is 0 Å². The normalized spacial score (nSPS) is 18.9. The molecule has 1 aromatic heterocycles. The fourth-order valence-electron chi connectivity index (χ4n) is 2.39. The quantitative estimate of drug-likeness (QED) is 0.733. The van der Waals surface area contributed by atoms with E-state index >= 15 is 0 Å². The second-order valence-corrected chi connectivity index (χ2v) is 8.66. The lowest BCUT2D eigenvalue weighted by Gasteiger charge is -2.28. The van der Waals surface area contributed by atoms with E-state index in [0.29, 0.717) is 13.0 Å². The van der Waals surface area contributed by atoms with Crippen LogP contribution < -0.4 is 0 Å². The third kappa shape index (κ3) is 4.54. The van der Waals surface area contributed by atoms with Crippen LogP contribution in [0.4, 0.5) is 4.79 Å². The molecule has 4 nitrogen and oxygen atoms in total. The zero-order valence-electron chi connectivity index (χ0n) is 12.5. The van der Waals surface area contributed by atoms with Crippen molar-refractivity contribution in [1.82, 2.24) is 4.90 Å². The van der Waals surface area contributed by atoms with E-state index in [1.165, 1.54) is 11.3 Å². The van der Waals surface area contributed by atoms with E-state index in [0.717, 1.165) is 21.5 Å². The minimum atomic E-state index is -0.507. The van der Waals surface area contributed by atoms with Crippen LogP contribution in [0.3, 0.4) is 0 Å². The number of ketones is 1. The van der Waals surface area contributed by atoms with E-state index in [4.69, 9.17) is 4.74 Å². The third-order valence-electron chi connectivity index (χ3n) is 3.27. The van der Waals surface area contributed by atoms with Crippen LogP contribution in [-0.2, 0) is 4.74 Å². The standard InChI is InChI=1S/C15H20BrNO3S/c1-15(2,3)20-14(19)17-8-4-5-10(17)9-11(18)12-6-7-13(16)21-12/h6-7,10H,4-5,8-9H2,1-3H3. The SMILES string of the molecule is CC(C)(C)OC(=O)N1CCCC1CC(=O)c1ccc(Br)s1. The van der Waals surface area contributed by atoms with Gasteiger partial charge in [-0.15, -0.1) is 11.3 Å². The van der Waals surface area contributed by atoms with Gasteiger partial charge in [0.15, 0.2) is 5.78 Å². The molecule has 6 heteroatoms. The maximum Gasteiger partial charge on any atom is 0.410 e. The molecule has 1 saturated heterocycles. The number of halogens is 1. The maximum atomic E-state index is 12.3. The highest BCUT2D eigenvalue weighted by Gasteiger charge is 2.33. The summed E-state index contributed by atoms with van der Waals surface area (Å²) >= 11 is 4.79. The summed E-state index contributed by atoms with van der Waals surface area (Å²) in [4.78, 5) is 26.9. The van der Waals surface area contributed by atoms with Crippen molar-refractivity contribution >= 4 is 39.1 Å². The first-order chi connectivity index (χ1) is 9.76. The minimum Gasteiger partial charge on any atom is -0.444 e. The second-order valence-electron chi connectivity index (χ2n) is 6.20. The molecule has 0 N–H and O–H groups in total. The monoisotopic (exact) mass is 373 g/mol. The largest absolute Gasteiger partial charge is 0.444 e. The van der Waals surface area contributed by atoms with Gasteiger partial charge in [-0.25, -0.2) is 4.79 Å². The fraction of sp³-hybridized carbons (Fsp3) is 0.600. The predicted molar refractivity (Wildman–Crippen MR) is 86.9 cm³/mol. The van der Waals surface area contributed by atoms with Gasteiger partial charge in [0.25, 0.3) is 0 Å². The number of thiophene rings is 1. The lowest BCUT2D eigenvalue weighted by Crippen LogP contribution is -2.40. The second kappa shape index (κ2) is 6.48. The average molecular weight is 374 g/mol. The van der Waals surface area contributed by atoms with Gasteiger partial charge >= 0.3 is 6.09 Å². The number of hydrogen-bond donors (Lipinski definition) is 0. The number of carbonyl (C=O) groups excluding carboxylic acids is 2. The molecule has 1 aliphatic heterocycles. The van der Waals surface area contributed by atoms with Crippen LogP contribution in [-0.4, -0.2) is 35.0 Å². The Morgan fingerprint density at radius 2 is 2.14 bits per heavy atom. The Balaban J connectivity index is 1.99. The number of Topliss-reactive ketones (excluding diaryl/α,β-unsaturated/α-hetero) is 1. The minimum absolute atomic E-state index is 0.0479. The highest BCUT2D eigenvalue weighted by molar-refractivity contribution is 9.11. The van der Waals surface area contributed by atoms with Gasteiger partial charge in [0.05, 0.1) is 8.66 Å². The summed E-state index contributed by atoms with van der Waals surface area (Å²) in [6, 6.07) is 3.65. The highest BCUT2D eigenvalue weighted by Crippen LogP contribution is 2.27. The summed E-state index contributed by atoms with van der Waals surface area (Å²) in [7, 11) is 0. The van der Waals surface area contributed by atoms with Crippen LogP contribution in [0, 0.1) is 0 Å². The summed E-state index contributed by atoms with van der Waals surface area (Å²) in [5.74, 6) is 0.0890. The molecular weight excluding hydrogens is 354 g/mol. The van der Waals surface area contributed by atoms with Crippen molar-refractivity contribution in [2.75, 3.05) is 6.54 Å². The van der Waals surface area contributed by atoms with Gasteiger partial charge in [-0.1, -0.05) is 0 Å². The average Bonchev–Trinajstić information content (AvgIpc) is 2.95. The molecule has 1 aromatic rings. The number of rotatable bonds is 3.